The fourth-order valence-electron chi connectivity index (χ4n) is 2.95. The lowest BCUT2D eigenvalue weighted by Gasteiger charge is -2.23. The molecule has 0 N–H and O–H groups in total. The van der Waals surface area contributed by atoms with E-state index in [1.165, 1.54) is 12.8 Å². The highest BCUT2D eigenvalue weighted by atomic mass is 32.1. The summed E-state index contributed by atoms with van der Waals surface area (Å²) in [5.41, 5.74) is 0.994. The molecule has 0 saturated carbocycles. The molecule has 7 heteroatoms. The minimum Gasteiger partial charge on any atom is -0.444 e. The molecule has 1 aliphatic heterocycles. The molecule has 1 saturated heterocycles. The first-order valence-electron chi connectivity index (χ1n) is 7.43. The molecule has 0 radical (unpaired) electrons. The summed E-state index contributed by atoms with van der Waals surface area (Å²) in [5, 5.41) is 6.24. The van der Waals surface area contributed by atoms with Crippen molar-refractivity contribution in [1.82, 2.24) is 24.6 Å². The summed E-state index contributed by atoms with van der Waals surface area (Å²) in [6.07, 6.45) is 7.55. The van der Waals surface area contributed by atoms with Gasteiger partial charge >= 0.3 is 0 Å². The zero-order chi connectivity index (χ0) is 14.8. The summed E-state index contributed by atoms with van der Waals surface area (Å²) >= 11 is 1.65. The average Bonchev–Trinajstić information content (AvgIpc) is 3.28. The molecular weight excluding hydrogens is 298 g/mol. The molecular formula is C15H17N5OS. The van der Waals surface area contributed by atoms with E-state index in [0.29, 0.717) is 6.04 Å². The van der Waals surface area contributed by atoms with Crippen molar-refractivity contribution >= 4 is 11.3 Å². The second-order valence-corrected chi connectivity index (χ2v) is 6.45. The third-order valence-corrected chi connectivity index (χ3v) is 4.87. The number of rotatable bonds is 5. The first-order chi connectivity index (χ1) is 10.9. The van der Waals surface area contributed by atoms with Gasteiger partial charge in [-0.15, -0.1) is 11.3 Å². The van der Waals surface area contributed by atoms with Gasteiger partial charge in [-0.3, -0.25) is 9.58 Å². The Hall–Kier alpha value is -1.99. The molecule has 1 fully saturated rings. The quantitative estimate of drug-likeness (QED) is 0.724. The number of hydrogen-bond donors (Lipinski definition) is 0. The summed E-state index contributed by atoms with van der Waals surface area (Å²) in [6.45, 7) is 2.81. The predicted octanol–water partition coefficient (Wildman–Crippen LogP) is 2.66. The van der Waals surface area contributed by atoms with Crippen molar-refractivity contribution < 1.29 is 4.42 Å². The number of nitrogens with zero attached hydrogens (tertiary/aromatic N) is 5. The van der Waals surface area contributed by atoms with Gasteiger partial charge in [0.2, 0.25) is 5.89 Å². The van der Waals surface area contributed by atoms with Crippen LogP contribution in [0.2, 0.25) is 0 Å². The number of hydrogen-bond acceptors (Lipinski definition) is 6. The number of likely N-dealkylation sites (tertiary alicyclic amines) is 1. The van der Waals surface area contributed by atoms with Crippen molar-refractivity contribution in [2.75, 3.05) is 6.54 Å². The van der Waals surface area contributed by atoms with E-state index >= 15 is 0 Å². The highest BCUT2D eigenvalue weighted by molar-refractivity contribution is 7.13. The van der Waals surface area contributed by atoms with Crippen molar-refractivity contribution in [3.05, 3.63) is 42.1 Å². The number of aromatic nitrogens is 4. The molecule has 3 aromatic heterocycles. The SMILES string of the molecule is c1csc(-c2nc(CN3CCC[C@H]3Cn3cncn3)co2)c1. The Morgan fingerprint density at radius 1 is 1.41 bits per heavy atom. The Labute approximate surface area is 132 Å². The lowest BCUT2D eigenvalue weighted by atomic mass is 10.2. The molecule has 0 bridgehead atoms. The first-order valence-corrected chi connectivity index (χ1v) is 8.31. The van der Waals surface area contributed by atoms with Crippen LogP contribution in [0, 0.1) is 0 Å². The van der Waals surface area contributed by atoms with Gasteiger partial charge in [-0.05, 0) is 30.8 Å². The van der Waals surface area contributed by atoms with Gasteiger partial charge < -0.3 is 4.42 Å². The Morgan fingerprint density at radius 2 is 2.41 bits per heavy atom. The minimum absolute atomic E-state index is 0.489. The fraction of sp³-hybridized carbons (Fsp3) is 0.400. The highest BCUT2D eigenvalue weighted by Crippen LogP contribution is 2.26. The second-order valence-electron chi connectivity index (χ2n) is 5.51. The van der Waals surface area contributed by atoms with E-state index in [1.54, 1.807) is 30.3 Å². The van der Waals surface area contributed by atoms with Crippen LogP contribution in [0.5, 0.6) is 0 Å². The standard InChI is InChI=1S/C15H17N5OS/c1-3-13(8-20-11-16-10-17-20)19(5-1)7-12-9-21-15(18-12)14-4-2-6-22-14/h2,4,6,9-11,13H,1,3,5,7-8H2/t13-/m0/s1. The summed E-state index contributed by atoms with van der Waals surface area (Å²) in [7, 11) is 0. The van der Waals surface area contributed by atoms with E-state index in [0.717, 1.165) is 36.1 Å². The molecule has 1 atom stereocenters. The van der Waals surface area contributed by atoms with Crippen LogP contribution in [0.1, 0.15) is 18.5 Å². The lowest BCUT2D eigenvalue weighted by molar-refractivity contribution is 0.216. The molecule has 4 rings (SSSR count). The Morgan fingerprint density at radius 3 is 3.23 bits per heavy atom. The van der Waals surface area contributed by atoms with Gasteiger partial charge in [-0.2, -0.15) is 5.10 Å². The molecule has 0 unspecified atom stereocenters. The van der Waals surface area contributed by atoms with Gasteiger partial charge in [0, 0.05) is 12.6 Å². The average molecular weight is 315 g/mol. The minimum atomic E-state index is 0.489. The van der Waals surface area contributed by atoms with Crippen molar-refractivity contribution in [3.63, 3.8) is 0 Å². The molecule has 22 heavy (non-hydrogen) atoms. The molecule has 0 spiro atoms. The second kappa shape index (κ2) is 6.02. The van der Waals surface area contributed by atoms with Crippen molar-refractivity contribution in [2.24, 2.45) is 0 Å². The van der Waals surface area contributed by atoms with E-state index < -0.39 is 0 Å². The van der Waals surface area contributed by atoms with E-state index in [2.05, 4.69) is 20.0 Å². The smallest absolute Gasteiger partial charge is 0.236 e. The topological polar surface area (TPSA) is 60.0 Å². The van der Waals surface area contributed by atoms with Gasteiger partial charge in [0.25, 0.3) is 0 Å². The fourth-order valence-corrected chi connectivity index (χ4v) is 3.61. The third kappa shape index (κ3) is 2.82. The maximum absolute atomic E-state index is 5.61. The van der Waals surface area contributed by atoms with Crippen LogP contribution < -0.4 is 0 Å². The Bertz CT molecular complexity index is 706. The van der Waals surface area contributed by atoms with Gasteiger partial charge in [0.15, 0.2) is 0 Å². The van der Waals surface area contributed by atoms with E-state index in [4.69, 9.17) is 4.42 Å². The van der Waals surface area contributed by atoms with Crippen LogP contribution >= 0.6 is 11.3 Å². The monoisotopic (exact) mass is 315 g/mol. The number of oxazole rings is 1. The van der Waals surface area contributed by atoms with Crippen molar-refractivity contribution in [1.29, 1.82) is 0 Å². The first kappa shape index (κ1) is 13.7. The number of thiophene rings is 1. The maximum Gasteiger partial charge on any atom is 0.236 e. The molecule has 3 aromatic rings. The van der Waals surface area contributed by atoms with Crippen LogP contribution in [0.25, 0.3) is 10.8 Å². The van der Waals surface area contributed by atoms with Crippen molar-refractivity contribution in [2.45, 2.75) is 32.0 Å². The normalized spacial score (nSPS) is 19.0. The van der Waals surface area contributed by atoms with E-state index in [1.807, 2.05) is 22.2 Å². The van der Waals surface area contributed by atoms with Gasteiger partial charge in [-0.1, -0.05) is 6.07 Å². The molecule has 1 aliphatic rings. The van der Waals surface area contributed by atoms with E-state index in [-0.39, 0.29) is 0 Å². The molecule has 0 amide bonds. The summed E-state index contributed by atoms with van der Waals surface area (Å²) in [5.74, 6) is 0.719. The largest absolute Gasteiger partial charge is 0.444 e. The van der Waals surface area contributed by atoms with Crippen LogP contribution in [0.4, 0.5) is 0 Å². The van der Waals surface area contributed by atoms with Crippen LogP contribution in [0.3, 0.4) is 0 Å². The molecule has 0 aliphatic carbocycles. The summed E-state index contributed by atoms with van der Waals surface area (Å²) in [4.78, 5) is 12.2. The van der Waals surface area contributed by atoms with Crippen LogP contribution in [-0.4, -0.2) is 37.2 Å². The zero-order valence-corrected chi connectivity index (χ0v) is 12.9. The predicted molar refractivity (Wildman–Crippen MR) is 83.3 cm³/mol. The van der Waals surface area contributed by atoms with Gasteiger partial charge in [-0.25, -0.2) is 9.97 Å². The lowest BCUT2D eigenvalue weighted by Crippen LogP contribution is -2.32. The Balaban J connectivity index is 1.44. The molecule has 114 valence electrons. The van der Waals surface area contributed by atoms with Crippen LogP contribution in [-0.2, 0) is 13.1 Å². The highest BCUT2D eigenvalue weighted by Gasteiger charge is 2.26. The van der Waals surface area contributed by atoms with Gasteiger partial charge in [0.1, 0.15) is 18.9 Å². The maximum atomic E-state index is 5.61. The van der Waals surface area contributed by atoms with Gasteiger partial charge in [0.05, 0.1) is 17.1 Å². The van der Waals surface area contributed by atoms with E-state index in [9.17, 15) is 0 Å². The third-order valence-electron chi connectivity index (χ3n) is 4.01. The molecule has 6 nitrogen and oxygen atoms in total. The summed E-state index contributed by atoms with van der Waals surface area (Å²) < 4.78 is 7.51. The Kier molecular flexibility index (Phi) is 3.74. The zero-order valence-electron chi connectivity index (χ0n) is 12.1. The molecule has 0 aromatic carbocycles. The summed E-state index contributed by atoms with van der Waals surface area (Å²) in [6, 6.07) is 4.53. The van der Waals surface area contributed by atoms with Crippen LogP contribution in [0.15, 0.2) is 40.8 Å². The molecule has 4 heterocycles. The van der Waals surface area contributed by atoms with Crippen molar-refractivity contribution in [3.8, 4) is 10.8 Å².